The van der Waals surface area contributed by atoms with Crippen LogP contribution in [0.2, 0.25) is 0 Å². The van der Waals surface area contributed by atoms with Crippen LogP contribution in [-0.2, 0) is 0 Å². The Morgan fingerprint density at radius 2 is 0.614 bits per heavy atom. The fourth-order valence-electron chi connectivity index (χ4n) is 5.78. The van der Waals surface area contributed by atoms with Crippen LogP contribution in [-0.4, -0.2) is 19.9 Å². The molecule has 4 heterocycles. The topological polar surface area (TPSA) is 51.6 Å². The summed E-state index contributed by atoms with van der Waals surface area (Å²) in [6.07, 6.45) is 0. The molecule has 0 atom stereocenters. The lowest BCUT2D eigenvalue weighted by atomic mass is 10.1. The van der Waals surface area contributed by atoms with Crippen LogP contribution in [0.15, 0.2) is 109 Å². The fraction of sp³-hybridized carbons (Fsp3) is 0. The Balaban J connectivity index is 1.03. The average molecular weight is 635 g/mol. The smallest absolute Gasteiger partial charge is 0.153 e. The van der Waals surface area contributed by atoms with E-state index in [-0.39, 0.29) is 0 Å². The first-order valence-corrected chi connectivity index (χ1v) is 17.4. The molecule has 4 nitrogen and oxygen atoms in total. The maximum Gasteiger partial charge on any atom is 0.153 e. The molecule has 0 aliphatic heterocycles. The summed E-state index contributed by atoms with van der Waals surface area (Å²) < 4.78 is 4.71. The van der Waals surface area contributed by atoms with Gasteiger partial charge in [-0.1, -0.05) is 60.7 Å². The Bertz CT molecular complexity index is 2390. The third-order valence-corrected chi connectivity index (χ3v) is 12.2. The Labute approximate surface area is 266 Å². The molecule has 0 fully saturated rings. The molecule has 0 aliphatic carbocycles. The van der Waals surface area contributed by atoms with E-state index < -0.39 is 0 Å². The second kappa shape index (κ2) is 9.45. The molecule has 0 amide bonds. The van der Waals surface area contributed by atoms with Crippen LogP contribution >= 0.6 is 45.3 Å². The summed E-state index contributed by atoms with van der Waals surface area (Å²) in [5.74, 6) is 0. The van der Waals surface area contributed by atoms with Crippen LogP contribution in [0.25, 0.3) is 93.6 Å². The van der Waals surface area contributed by atoms with Gasteiger partial charge in [-0.2, -0.15) is 0 Å². The van der Waals surface area contributed by atoms with E-state index in [2.05, 4.69) is 97.1 Å². The highest BCUT2D eigenvalue weighted by molar-refractivity contribution is 7.27. The van der Waals surface area contributed by atoms with Gasteiger partial charge in [-0.25, -0.2) is 19.9 Å². The van der Waals surface area contributed by atoms with Crippen molar-refractivity contribution >= 4 is 108 Å². The van der Waals surface area contributed by atoms with E-state index in [0.29, 0.717) is 0 Å². The summed E-state index contributed by atoms with van der Waals surface area (Å²) in [5.41, 5.74) is 6.40. The number of aromatic nitrogens is 4. The van der Waals surface area contributed by atoms with Crippen LogP contribution < -0.4 is 0 Å². The van der Waals surface area contributed by atoms with Crippen molar-refractivity contribution in [2.45, 2.75) is 0 Å². The first kappa shape index (κ1) is 24.8. The lowest BCUT2D eigenvalue weighted by Crippen LogP contribution is -1.77. The minimum absolute atomic E-state index is 0.960. The van der Waals surface area contributed by atoms with E-state index in [1.54, 1.807) is 45.3 Å². The van der Waals surface area contributed by atoms with Gasteiger partial charge in [-0.15, -0.1) is 45.3 Å². The third kappa shape index (κ3) is 3.99. The molecule has 0 aliphatic rings. The van der Waals surface area contributed by atoms with Gasteiger partial charge in [-0.05, 0) is 70.1 Å². The quantitative estimate of drug-likeness (QED) is 0.194. The second-order valence-corrected chi connectivity index (χ2v) is 14.9. The molecule has 8 heteroatoms. The van der Waals surface area contributed by atoms with Crippen molar-refractivity contribution in [3.63, 3.8) is 0 Å². The van der Waals surface area contributed by atoms with E-state index >= 15 is 0 Å². The molecule has 6 aromatic carbocycles. The number of nitrogens with zero attached hydrogens (tertiary/aromatic N) is 4. The summed E-state index contributed by atoms with van der Waals surface area (Å²) in [6.45, 7) is 0. The summed E-state index contributed by atoms with van der Waals surface area (Å²) in [5, 5.41) is 8.76. The van der Waals surface area contributed by atoms with Gasteiger partial charge < -0.3 is 0 Å². The van der Waals surface area contributed by atoms with Crippen molar-refractivity contribution in [2.75, 3.05) is 0 Å². The van der Waals surface area contributed by atoms with E-state index in [9.17, 15) is 0 Å². The van der Waals surface area contributed by atoms with Gasteiger partial charge in [0, 0.05) is 11.1 Å². The molecule has 10 rings (SSSR count). The molecular formula is C36H18N4S4. The molecule has 0 unspecified atom stereocenters. The standard InChI is InChI=1S/C36H18N4S4/c1-3-7-19(8-4-1)33-37-25-11-21-17-31-27(13-23(21)15-29(25)41-33)39-35(43-31)36-40-28-14-24-16-30-26(12-22(24)18-32(28)44-36)38-34(42-30)20-9-5-2-6-10-20/h1-18H. The zero-order valence-electron chi connectivity index (χ0n) is 22.8. The fourth-order valence-corrected chi connectivity index (χ4v) is 9.79. The minimum atomic E-state index is 0.960. The predicted octanol–water partition coefficient (Wildman–Crippen LogP) is 11.4. The molecular weight excluding hydrogens is 617 g/mol. The zero-order valence-corrected chi connectivity index (χ0v) is 26.1. The van der Waals surface area contributed by atoms with Gasteiger partial charge in [0.15, 0.2) is 10.0 Å². The molecule has 0 spiro atoms. The largest absolute Gasteiger partial charge is 0.236 e. The number of benzene rings is 6. The number of fused-ring (bicyclic) bond motifs is 6. The van der Waals surface area contributed by atoms with Crippen molar-refractivity contribution in [2.24, 2.45) is 0 Å². The second-order valence-electron chi connectivity index (χ2n) is 10.8. The predicted molar refractivity (Wildman–Crippen MR) is 190 cm³/mol. The summed E-state index contributed by atoms with van der Waals surface area (Å²) in [6, 6.07) is 38.6. The van der Waals surface area contributed by atoms with E-state index in [4.69, 9.17) is 19.9 Å². The first-order chi connectivity index (χ1) is 21.7. The van der Waals surface area contributed by atoms with Crippen LogP contribution in [0.4, 0.5) is 0 Å². The number of hydrogen-bond donors (Lipinski definition) is 0. The van der Waals surface area contributed by atoms with Crippen LogP contribution in [0, 0.1) is 0 Å². The average Bonchev–Trinajstić information content (AvgIpc) is 3.85. The van der Waals surface area contributed by atoms with Gasteiger partial charge in [0.05, 0.1) is 40.9 Å². The van der Waals surface area contributed by atoms with E-state index in [1.165, 1.54) is 30.9 Å². The monoisotopic (exact) mass is 634 g/mol. The highest BCUT2D eigenvalue weighted by Gasteiger charge is 2.15. The molecule has 0 N–H and O–H groups in total. The van der Waals surface area contributed by atoms with Crippen molar-refractivity contribution in [1.29, 1.82) is 0 Å². The van der Waals surface area contributed by atoms with Crippen molar-refractivity contribution in [3.8, 4) is 31.2 Å². The van der Waals surface area contributed by atoms with Crippen LogP contribution in [0.1, 0.15) is 0 Å². The molecule has 206 valence electrons. The highest BCUT2D eigenvalue weighted by Crippen LogP contribution is 2.40. The van der Waals surface area contributed by atoms with Gasteiger partial charge in [0.2, 0.25) is 0 Å². The van der Waals surface area contributed by atoms with Crippen molar-refractivity contribution in [1.82, 2.24) is 19.9 Å². The molecule has 0 radical (unpaired) electrons. The van der Waals surface area contributed by atoms with E-state index in [1.807, 2.05) is 12.1 Å². The first-order valence-electron chi connectivity index (χ1n) is 14.1. The van der Waals surface area contributed by atoms with Gasteiger partial charge >= 0.3 is 0 Å². The Hall–Kier alpha value is -4.60. The molecule has 4 aromatic heterocycles. The number of thiazole rings is 4. The Morgan fingerprint density at radius 3 is 0.955 bits per heavy atom. The molecule has 10 aromatic rings. The molecule has 0 saturated carbocycles. The number of hydrogen-bond acceptors (Lipinski definition) is 8. The van der Waals surface area contributed by atoms with E-state index in [0.717, 1.165) is 62.6 Å². The SMILES string of the molecule is c1ccc(-c2nc3cc4cc5sc(-c6nc7cc8cc9sc(-c%10ccccc%10)nc9cc8cc7s6)nc5cc4cc3s2)cc1. The Morgan fingerprint density at radius 1 is 0.318 bits per heavy atom. The molecule has 44 heavy (non-hydrogen) atoms. The maximum absolute atomic E-state index is 5.05. The maximum atomic E-state index is 5.05. The summed E-state index contributed by atoms with van der Waals surface area (Å²) in [7, 11) is 0. The summed E-state index contributed by atoms with van der Waals surface area (Å²) >= 11 is 6.88. The number of rotatable bonds is 3. The molecule has 0 bridgehead atoms. The van der Waals surface area contributed by atoms with Crippen LogP contribution in [0.5, 0.6) is 0 Å². The lowest BCUT2D eigenvalue weighted by Gasteiger charge is -1.97. The van der Waals surface area contributed by atoms with Crippen LogP contribution in [0.3, 0.4) is 0 Å². The van der Waals surface area contributed by atoms with Crippen molar-refractivity contribution < 1.29 is 0 Å². The Kier molecular flexibility index (Phi) is 5.33. The summed E-state index contributed by atoms with van der Waals surface area (Å²) in [4.78, 5) is 20.0. The third-order valence-electron chi connectivity index (χ3n) is 7.93. The van der Waals surface area contributed by atoms with Crippen molar-refractivity contribution in [3.05, 3.63) is 109 Å². The zero-order chi connectivity index (χ0) is 28.8. The normalized spacial score (nSPS) is 12.1. The highest BCUT2D eigenvalue weighted by atomic mass is 32.1. The van der Waals surface area contributed by atoms with Gasteiger partial charge in [0.1, 0.15) is 10.0 Å². The van der Waals surface area contributed by atoms with Gasteiger partial charge in [0.25, 0.3) is 0 Å². The van der Waals surface area contributed by atoms with Gasteiger partial charge in [-0.3, -0.25) is 0 Å². The lowest BCUT2D eigenvalue weighted by molar-refractivity contribution is 1.43. The molecule has 0 saturated heterocycles. The minimum Gasteiger partial charge on any atom is -0.236 e.